The summed E-state index contributed by atoms with van der Waals surface area (Å²) in [5.41, 5.74) is 1.94. The smallest absolute Gasteiger partial charge is 0.307 e. The summed E-state index contributed by atoms with van der Waals surface area (Å²) in [4.78, 5) is 24.0. The van der Waals surface area contributed by atoms with Crippen molar-refractivity contribution in [2.24, 2.45) is 23.7 Å². The predicted molar refractivity (Wildman–Crippen MR) is 84.5 cm³/mol. The number of hydrogen-bond acceptors (Lipinski definition) is 2. The summed E-state index contributed by atoms with van der Waals surface area (Å²) in [5, 5.41) is 12.3. The number of carboxylic acids is 1. The molecule has 2 bridgehead atoms. The second-order valence-corrected chi connectivity index (χ2v) is 6.60. The van der Waals surface area contributed by atoms with Gasteiger partial charge in [0.15, 0.2) is 0 Å². The Hall–Kier alpha value is -2.10. The molecule has 0 aliphatic heterocycles. The quantitative estimate of drug-likeness (QED) is 0.839. The van der Waals surface area contributed by atoms with Gasteiger partial charge in [-0.1, -0.05) is 38.1 Å². The number of aliphatic carboxylic acids is 1. The van der Waals surface area contributed by atoms with Gasteiger partial charge in [0, 0.05) is 5.69 Å². The SMILES string of the molecule is CC(C)c1ccc(NC(=O)[C@@H]2[C@@H](C(=O)O)[C@H]3C=C[C@@H]2C3)cc1. The first-order valence-corrected chi connectivity index (χ1v) is 7.79. The minimum absolute atomic E-state index is 0.00145. The maximum Gasteiger partial charge on any atom is 0.307 e. The van der Waals surface area contributed by atoms with Crippen LogP contribution in [0.4, 0.5) is 5.69 Å². The highest BCUT2D eigenvalue weighted by atomic mass is 16.4. The molecule has 3 rings (SSSR count). The van der Waals surface area contributed by atoms with Crippen LogP contribution >= 0.6 is 0 Å². The minimum atomic E-state index is -0.868. The molecule has 1 aromatic rings. The number of benzene rings is 1. The number of anilines is 1. The second kappa shape index (κ2) is 5.59. The molecule has 0 aromatic heterocycles. The molecule has 4 atom stereocenters. The molecule has 1 fully saturated rings. The number of rotatable bonds is 4. The van der Waals surface area contributed by atoms with Gasteiger partial charge in [0.05, 0.1) is 11.8 Å². The van der Waals surface area contributed by atoms with Crippen molar-refractivity contribution in [3.8, 4) is 0 Å². The molecule has 2 aliphatic rings. The van der Waals surface area contributed by atoms with Crippen molar-refractivity contribution in [2.45, 2.75) is 26.2 Å². The van der Waals surface area contributed by atoms with Crippen LogP contribution in [-0.4, -0.2) is 17.0 Å². The van der Waals surface area contributed by atoms with Gasteiger partial charge in [-0.3, -0.25) is 9.59 Å². The lowest BCUT2D eigenvalue weighted by atomic mass is 9.82. The van der Waals surface area contributed by atoms with Crippen molar-refractivity contribution in [3.63, 3.8) is 0 Å². The number of nitrogens with one attached hydrogen (secondary N) is 1. The number of carbonyl (C=O) groups is 2. The maximum absolute atomic E-state index is 12.5. The van der Waals surface area contributed by atoms with E-state index in [-0.39, 0.29) is 17.7 Å². The molecule has 0 saturated heterocycles. The van der Waals surface area contributed by atoms with Crippen LogP contribution in [0.15, 0.2) is 36.4 Å². The third kappa shape index (κ3) is 2.54. The van der Waals surface area contributed by atoms with E-state index in [9.17, 15) is 14.7 Å². The first-order chi connectivity index (χ1) is 10.5. The van der Waals surface area contributed by atoms with E-state index in [2.05, 4.69) is 19.2 Å². The topological polar surface area (TPSA) is 66.4 Å². The summed E-state index contributed by atoms with van der Waals surface area (Å²) in [6.45, 7) is 4.24. The van der Waals surface area contributed by atoms with Crippen molar-refractivity contribution >= 4 is 17.6 Å². The monoisotopic (exact) mass is 299 g/mol. The highest BCUT2D eigenvalue weighted by Crippen LogP contribution is 2.48. The second-order valence-electron chi connectivity index (χ2n) is 6.60. The molecule has 2 aliphatic carbocycles. The average molecular weight is 299 g/mol. The van der Waals surface area contributed by atoms with E-state index >= 15 is 0 Å². The van der Waals surface area contributed by atoms with Gasteiger partial charge >= 0.3 is 5.97 Å². The molecule has 2 N–H and O–H groups in total. The van der Waals surface area contributed by atoms with Crippen molar-refractivity contribution in [1.29, 1.82) is 0 Å². The van der Waals surface area contributed by atoms with Gasteiger partial charge < -0.3 is 10.4 Å². The third-order valence-corrected chi connectivity index (χ3v) is 4.89. The van der Waals surface area contributed by atoms with Gasteiger partial charge in [0.1, 0.15) is 0 Å². The first-order valence-electron chi connectivity index (χ1n) is 7.79. The van der Waals surface area contributed by atoms with Gasteiger partial charge in [-0.25, -0.2) is 0 Å². The zero-order valence-electron chi connectivity index (χ0n) is 12.8. The van der Waals surface area contributed by atoms with Crippen molar-refractivity contribution < 1.29 is 14.7 Å². The number of amides is 1. The Morgan fingerprint density at radius 3 is 2.23 bits per heavy atom. The standard InChI is InChI=1S/C18H21NO3/c1-10(2)11-5-7-14(8-6-11)19-17(20)15-12-3-4-13(9-12)16(15)18(21)22/h3-8,10,12-13,15-16H,9H2,1-2H3,(H,19,20)(H,21,22)/t12-,13+,15+,16+/m1/s1. The summed E-state index contributed by atoms with van der Waals surface area (Å²) < 4.78 is 0. The van der Waals surface area contributed by atoms with Crippen LogP contribution in [0, 0.1) is 23.7 Å². The van der Waals surface area contributed by atoms with Gasteiger partial charge in [0.2, 0.25) is 5.91 Å². The number of fused-ring (bicyclic) bond motifs is 2. The van der Waals surface area contributed by atoms with Crippen LogP contribution in [0.25, 0.3) is 0 Å². The third-order valence-electron chi connectivity index (χ3n) is 4.89. The summed E-state index contributed by atoms with van der Waals surface area (Å²) in [7, 11) is 0. The molecule has 1 amide bonds. The summed E-state index contributed by atoms with van der Waals surface area (Å²) >= 11 is 0. The Morgan fingerprint density at radius 1 is 1.09 bits per heavy atom. The zero-order chi connectivity index (χ0) is 15.9. The molecule has 4 nitrogen and oxygen atoms in total. The molecule has 0 unspecified atom stereocenters. The van der Waals surface area contributed by atoms with Gasteiger partial charge in [-0.15, -0.1) is 0 Å². The summed E-state index contributed by atoms with van der Waals surface area (Å²) in [6, 6.07) is 7.75. The largest absolute Gasteiger partial charge is 0.481 e. The van der Waals surface area contributed by atoms with Crippen molar-refractivity contribution in [2.75, 3.05) is 5.32 Å². The Labute approximate surface area is 130 Å². The normalized spacial score (nSPS) is 29.0. The van der Waals surface area contributed by atoms with Crippen LogP contribution in [-0.2, 0) is 9.59 Å². The molecule has 22 heavy (non-hydrogen) atoms. The Kier molecular flexibility index (Phi) is 3.77. The fraction of sp³-hybridized carbons (Fsp3) is 0.444. The van der Waals surface area contributed by atoms with Gasteiger partial charge in [-0.2, -0.15) is 0 Å². The van der Waals surface area contributed by atoms with Crippen molar-refractivity contribution in [3.05, 3.63) is 42.0 Å². The molecule has 1 aromatic carbocycles. The van der Waals surface area contributed by atoms with Gasteiger partial charge in [-0.05, 0) is 41.9 Å². The number of carboxylic acid groups (broad SMARTS) is 1. The Balaban J connectivity index is 1.74. The highest BCUT2D eigenvalue weighted by molar-refractivity contribution is 5.96. The lowest BCUT2D eigenvalue weighted by Gasteiger charge is -2.23. The molecule has 0 spiro atoms. The van der Waals surface area contributed by atoms with E-state index in [1.165, 1.54) is 5.56 Å². The van der Waals surface area contributed by atoms with Crippen LogP contribution < -0.4 is 5.32 Å². The van der Waals surface area contributed by atoms with E-state index in [4.69, 9.17) is 0 Å². The molecular formula is C18H21NO3. The van der Waals surface area contributed by atoms with E-state index in [0.29, 0.717) is 5.92 Å². The van der Waals surface area contributed by atoms with E-state index in [1.807, 2.05) is 36.4 Å². The summed E-state index contributed by atoms with van der Waals surface area (Å²) in [5.74, 6) is -1.60. The van der Waals surface area contributed by atoms with E-state index < -0.39 is 17.8 Å². The van der Waals surface area contributed by atoms with Crippen LogP contribution in [0.1, 0.15) is 31.7 Å². The first kappa shape index (κ1) is 14.8. The van der Waals surface area contributed by atoms with Crippen molar-refractivity contribution in [1.82, 2.24) is 0 Å². The highest BCUT2D eigenvalue weighted by Gasteiger charge is 2.51. The summed E-state index contributed by atoms with van der Waals surface area (Å²) in [6.07, 6.45) is 4.72. The van der Waals surface area contributed by atoms with Crippen LogP contribution in [0.2, 0.25) is 0 Å². The lowest BCUT2D eigenvalue weighted by molar-refractivity contribution is -0.146. The molecule has 0 heterocycles. The fourth-order valence-corrected chi connectivity index (χ4v) is 3.69. The van der Waals surface area contributed by atoms with Crippen LogP contribution in [0.3, 0.4) is 0 Å². The molecule has 0 radical (unpaired) electrons. The lowest BCUT2D eigenvalue weighted by Crippen LogP contribution is -2.36. The van der Waals surface area contributed by atoms with Gasteiger partial charge in [0.25, 0.3) is 0 Å². The number of allylic oxidation sites excluding steroid dienone is 2. The van der Waals surface area contributed by atoms with E-state index in [1.54, 1.807) is 0 Å². The molecule has 116 valence electrons. The number of carbonyl (C=O) groups excluding carboxylic acids is 1. The minimum Gasteiger partial charge on any atom is -0.481 e. The predicted octanol–water partition coefficient (Wildman–Crippen LogP) is 3.27. The maximum atomic E-state index is 12.5. The van der Waals surface area contributed by atoms with E-state index in [0.717, 1.165) is 12.1 Å². The van der Waals surface area contributed by atoms with Crippen LogP contribution in [0.5, 0.6) is 0 Å². The Bertz CT molecular complexity index is 618. The average Bonchev–Trinajstić information content (AvgIpc) is 3.08. The zero-order valence-corrected chi connectivity index (χ0v) is 12.8. The number of hydrogen-bond donors (Lipinski definition) is 2. The fourth-order valence-electron chi connectivity index (χ4n) is 3.69. The molecular weight excluding hydrogens is 278 g/mol. The molecule has 4 heteroatoms. The Morgan fingerprint density at radius 2 is 1.68 bits per heavy atom. The molecule has 1 saturated carbocycles.